The summed E-state index contributed by atoms with van der Waals surface area (Å²) in [5, 5.41) is 0. The zero-order valence-electron chi connectivity index (χ0n) is 22.9. The fraction of sp³-hybridized carbons (Fsp3) is 0.516. The predicted octanol–water partition coefficient (Wildman–Crippen LogP) is 7.77. The molecule has 1 aliphatic heterocycles. The summed E-state index contributed by atoms with van der Waals surface area (Å²) in [4.78, 5) is 15.2. The maximum Gasteiger partial charge on any atom is 0.410 e. The van der Waals surface area contributed by atoms with Crippen molar-refractivity contribution in [3.8, 4) is 0 Å². The van der Waals surface area contributed by atoms with E-state index in [9.17, 15) is 4.79 Å². The minimum absolute atomic E-state index is 0.142. The van der Waals surface area contributed by atoms with E-state index in [0.29, 0.717) is 13.1 Å². The van der Waals surface area contributed by atoms with Crippen LogP contribution >= 0.6 is 0 Å². The predicted molar refractivity (Wildman–Crippen MR) is 149 cm³/mol. The lowest BCUT2D eigenvalue weighted by molar-refractivity contribution is 0.0281. The van der Waals surface area contributed by atoms with E-state index in [1.165, 1.54) is 11.1 Å². The van der Waals surface area contributed by atoms with Gasteiger partial charge in [0.25, 0.3) is 0 Å². The molecule has 1 aliphatic carbocycles. The second-order valence-corrected chi connectivity index (χ2v) is 16.1. The zero-order valence-corrected chi connectivity index (χ0v) is 23.9. The molecule has 2 aromatic rings. The van der Waals surface area contributed by atoms with E-state index in [-0.39, 0.29) is 23.3 Å². The van der Waals surface area contributed by atoms with Gasteiger partial charge in [-0.15, -0.1) is 0 Å². The van der Waals surface area contributed by atoms with Crippen molar-refractivity contribution < 1.29 is 14.0 Å². The maximum atomic E-state index is 13.3. The summed E-state index contributed by atoms with van der Waals surface area (Å²) in [5.41, 5.74) is 1.85. The number of fused-ring (bicyclic) bond motifs is 1. The Kier molecular flexibility index (Phi) is 7.70. The molecule has 0 aromatic heterocycles. The van der Waals surface area contributed by atoms with E-state index in [4.69, 9.17) is 9.16 Å². The molecule has 2 aromatic carbocycles. The molecule has 5 heteroatoms. The Balaban J connectivity index is 1.83. The van der Waals surface area contributed by atoms with Gasteiger partial charge in [0.15, 0.2) is 0 Å². The third kappa shape index (κ3) is 5.00. The molecule has 0 bridgehead atoms. The molecule has 1 fully saturated rings. The summed E-state index contributed by atoms with van der Waals surface area (Å²) in [7, 11) is -1.86. The number of ether oxygens (including phenoxy) is 1. The molecule has 4 nitrogen and oxygen atoms in total. The van der Waals surface area contributed by atoms with E-state index in [1.54, 1.807) is 0 Å². The van der Waals surface area contributed by atoms with E-state index in [1.807, 2.05) is 25.7 Å². The van der Waals surface area contributed by atoms with Crippen LogP contribution in [-0.4, -0.2) is 38.0 Å². The smallest absolute Gasteiger partial charge is 0.410 e. The molecule has 1 amide bonds. The number of hydrogen-bond acceptors (Lipinski definition) is 3. The first-order valence-electron chi connectivity index (χ1n) is 13.7. The van der Waals surface area contributed by atoms with Crippen LogP contribution in [0.1, 0.15) is 59.1 Å². The van der Waals surface area contributed by atoms with Crippen LogP contribution in [0.4, 0.5) is 4.79 Å². The number of allylic oxidation sites excluding steroid dienone is 1. The van der Waals surface area contributed by atoms with Gasteiger partial charge < -0.3 is 14.1 Å². The number of nitrogens with zero attached hydrogens (tertiary/aromatic N) is 1. The molecule has 0 unspecified atom stereocenters. The number of hydrogen-bond donors (Lipinski definition) is 0. The highest BCUT2D eigenvalue weighted by molar-refractivity contribution is 6.73. The number of benzene rings is 2. The third-order valence-electron chi connectivity index (χ3n) is 8.44. The van der Waals surface area contributed by atoms with Gasteiger partial charge in [0, 0.05) is 30.3 Å². The minimum atomic E-state index is -1.86. The van der Waals surface area contributed by atoms with Gasteiger partial charge in [-0.3, -0.25) is 0 Å². The topological polar surface area (TPSA) is 38.8 Å². The fourth-order valence-corrected chi connectivity index (χ4v) is 8.93. The quantitative estimate of drug-likeness (QED) is 0.361. The highest BCUT2D eigenvalue weighted by atomic mass is 28.4. The number of likely N-dealkylation sites (tertiary alicyclic amines) is 1. The van der Waals surface area contributed by atoms with Crippen LogP contribution in [0.3, 0.4) is 0 Å². The van der Waals surface area contributed by atoms with Crippen LogP contribution in [0.15, 0.2) is 72.5 Å². The highest BCUT2D eigenvalue weighted by Crippen LogP contribution is 2.54. The van der Waals surface area contributed by atoms with Crippen molar-refractivity contribution in [1.29, 1.82) is 0 Å². The lowest BCUT2D eigenvalue weighted by atomic mass is 9.58. The molecule has 0 saturated carbocycles. The molecular weight excluding hydrogens is 462 g/mol. The molecule has 1 saturated heterocycles. The first-order valence-corrected chi connectivity index (χ1v) is 16.2. The van der Waals surface area contributed by atoms with E-state index in [2.05, 4.69) is 87.5 Å². The molecule has 4 rings (SSSR count). The van der Waals surface area contributed by atoms with Crippen molar-refractivity contribution >= 4 is 14.4 Å². The Hall–Kier alpha value is -2.53. The SMILES string of the molecule is CC[Si](CC)(CC)OC1=CCC(c2ccccc2)(c2ccccc2)[C@@H]2CN(C(=O)OC(C)(C)C)C[C@H]12. The van der Waals surface area contributed by atoms with Gasteiger partial charge in [0.05, 0.1) is 5.76 Å². The van der Waals surface area contributed by atoms with Crippen LogP contribution in [-0.2, 0) is 14.6 Å². The molecule has 36 heavy (non-hydrogen) atoms. The van der Waals surface area contributed by atoms with Gasteiger partial charge in [-0.1, -0.05) is 81.4 Å². The molecular formula is C31H43NO3Si. The molecule has 1 heterocycles. The summed E-state index contributed by atoms with van der Waals surface area (Å²) in [6, 6.07) is 25.0. The van der Waals surface area contributed by atoms with Gasteiger partial charge >= 0.3 is 6.09 Å². The summed E-state index contributed by atoms with van der Waals surface area (Å²) in [6.07, 6.45) is 3.00. The van der Waals surface area contributed by atoms with Crippen molar-refractivity contribution in [2.45, 2.75) is 77.1 Å². The van der Waals surface area contributed by atoms with Crippen molar-refractivity contribution in [3.63, 3.8) is 0 Å². The van der Waals surface area contributed by atoms with Crippen LogP contribution in [0, 0.1) is 11.8 Å². The van der Waals surface area contributed by atoms with Gasteiger partial charge in [-0.25, -0.2) is 4.79 Å². The summed E-state index contributed by atoms with van der Waals surface area (Å²) < 4.78 is 12.9. The molecule has 2 atom stereocenters. The largest absolute Gasteiger partial charge is 0.546 e. The monoisotopic (exact) mass is 505 g/mol. The Morgan fingerprint density at radius 1 is 0.917 bits per heavy atom. The van der Waals surface area contributed by atoms with Crippen molar-refractivity contribution in [3.05, 3.63) is 83.6 Å². The lowest BCUT2D eigenvalue weighted by Crippen LogP contribution is -2.46. The first kappa shape index (κ1) is 26.5. The van der Waals surface area contributed by atoms with Gasteiger partial charge in [0.1, 0.15) is 5.60 Å². The van der Waals surface area contributed by atoms with Crippen LogP contribution in [0.2, 0.25) is 18.1 Å². The Morgan fingerprint density at radius 3 is 1.92 bits per heavy atom. The van der Waals surface area contributed by atoms with Crippen molar-refractivity contribution in [2.24, 2.45) is 11.8 Å². The van der Waals surface area contributed by atoms with Gasteiger partial charge in [-0.05, 0) is 62.5 Å². The Labute approximate surface area is 218 Å². The Morgan fingerprint density at radius 2 is 1.44 bits per heavy atom. The minimum Gasteiger partial charge on any atom is -0.546 e. The van der Waals surface area contributed by atoms with E-state index in [0.717, 1.165) is 30.3 Å². The van der Waals surface area contributed by atoms with E-state index >= 15 is 0 Å². The number of rotatable bonds is 7. The lowest BCUT2D eigenvalue weighted by Gasteiger charge is -2.47. The molecule has 0 spiro atoms. The van der Waals surface area contributed by atoms with Crippen LogP contribution in [0.25, 0.3) is 0 Å². The summed E-state index contributed by atoms with van der Waals surface area (Å²) in [6.45, 7) is 13.9. The molecule has 0 radical (unpaired) electrons. The average molecular weight is 506 g/mol. The van der Waals surface area contributed by atoms with Crippen LogP contribution < -0.4 is 0 Å². The van der Waals surface area contributed by atoms with Crippen molar-refractivity contribution in [1.82, 2.24) is 4.90 Å². The van der Waals surface area contributed by atoms with Gasteiger partial charge in [-0.2, -0.15) is 0 Å². The van der Waals surface area contributed by atoms with E-state index < -0.39 is 13.9 Å². The summed E-state index contributed by atoms with van der Waals surface area (Å²) >= 11 is 0. The highest BCUT2D eigenvalue weighted by Gasteiger charge is 2.55. The third-order valence-corrected chi connectivity index (χ3v) is 13.0. The normalized spacial score (nSPS) is 21.5. The molecule has 2 aliphatic rings. The number of carbonyl (C=O) groups excluding carboxylic acids is 1. The Bertz CT molecular complexity index is 1010. The number of carbonyl (C=O) groups is 1. The van der Waals surface area contributed by atoms with Gasteiger partial charge in [0.2, 0.25) is 8.32 Å². The zero-order chi connectivity index (χ0) is 26.0. The molecule has 0 N–H and O–H groups in total. The maximum absolute atomic E-state index is 13.3. The van der Waals surface area contributed by atoms with Crippen LogP contribution in [0.5, 0.6) is 0 Å². The standard InChI is InChI=1S/C31H43NO3Si/c1-7-36(8-2,9-3)35-28-20-21-31(24-16-12-10-13-17-24,25-18-14-11-15-19-25)27-23-32(22-26(27)28)29(33)34-30(4,5)6/h10-20,26-27H,7-9,21-23H2,1-6H3/t26-,27+/m0/s1. The second kappa shape index (κ2) is 10.4. The average Bonchev–Trinajstić information content (AvgIpc) is 3.34. The number of amides is 1. The fourth-order valence-electron chi connectivity index (χ4n) is 6.27. The molecule has 194 valence electrons. The second-order valence-electron chi connectivity index (χ2n) is 11.5. The summed E-state index contributed by atoms with van der Waals surface area (Å²) in [5.74, 6) is 1.46. The van der Waals surface area contributed by atoms with Crippen molar-refractivity contribution in [2.75, 3.05) is 13.1 Å². The first-order chi connectivity index (χ1) is 17.2.